The molecule has 184 valence electrons. The number of ketones is 1. The fraction of sp³-hybridized carbons (Fsp3) is 0.267. The fourth-order valence-corrected chi connectivity index (χ4v) is 4.73. The van der Waals surface area contributed by atoms with Crippen molar-refractivity contribution >= 4 is 5.78 Å². The summed E-state index contributed by atoms with van der Waals surface area (Å²) in [6.45, 7) is 4.85. The maximum Gasteiger partial charge on any atom is 0.188 e. The van der Waals surface area contributed by atoms with Crippen molar-refractivity contribution in [2.75, 3.05) is 6.61 Å². The van der Waals surface area contributed by atoms with Crippen LogP contribution in [0.1, 0.15) is 59.6 Å². The van der Waals surface area contributed by atoms with Crippen LogP contribution < -0.4 is 14.2 Å². The van der Waals surface area contributed by atoms with Gasteiger partial charge in [-0.25, -0.2) is 4.98 Å². The van der Waals surface area contributed by atoms with Crippen molar-refractivity contribution in [1.82, 2.24) is 9.97 Å². The van der Waals surface area contributed by atoms with Gasteiger partial charge in [0.2, 0.25) is 0 Å². The Morgan fingerprint density at radius 2 is 1.69 bits per heavy atom. The van der Waals surface area contributed by atoms with Gasteiger partial charge in [0.25, 0.3) is 0 Å². The van der Waals surface area contributed by atoms with E-state index in [0.717, 1.165) is 46.6 Å². The van der Waals surface area contributed by atoms with Crippen LogP contribution in [0.4, 0.5) is 0 Å². The van der Waals surface area contributed by atoms with E-state index in [2.05, 4.69) is 9.97 Å². The summed E-state index contributed by atoms with van der Waals surface area (Å²) < 4.78 is 18.5. The van der Waals surface area contributed by atoms with E-state index >= 15 is 0 Å². The van der Waals surface area contributed by atoms with Crippen molar-refractivity contribution < 1.29 is 19.0 Å². The van der Waals surface area contributed by atoms with E-state index in [4.69, 9.17) is 14.2 Å². The number of aromatic amines is 1. The number of nitrogens with zero attached hydrogens (tertiary/aromatic N) is 1. The fourth-order valence-electron chi connectivity index (χ4n) is 4.73. The lowest BCUT2D eigenvalue weighted by Crippen LogP contribution is -2.33. The SMILES string of the molecule is CCOc1ccc(OCc2c(O[C@@](C)(c3ccccc3)c3ncc[nH]3)ccc3c2CCCC3=O)cc1. The van der Waals surface area contributed by atoms with Crippen LogP contribution in [0.2, 0.25) is 0 Å². The molecule has 1 aliphatic rings. The first-order valence-electron chi connectivity index (χ1n) is 12.4. The summed E-state index contributed by atoms with van der Waals surface area (Å²) in [5.74, 6) is 3.06. The summed E-state index contributed by atoms with van der Waals surface area (Å²) >= 11 is 0. The first-order chi connectivity index (χ1) is 17.6. The van der Waals surface area contributed by atoms with E-state index in [9.17, 15) is 4.79 Å². The van der Waals surface area contributed by atoms with Gasteiger partial charge in [0.15, 0.2) is 17.2 Å². The van der Waals surface area contributed by atoms with Gasteiger partial charge in [-0.1, -0.05) is 30.3 Å². The molecule has 0 spiro atoms. The van der Waals surface area contributed by atoms with Gasteiger partial charge < -0.3 is 19.2 Å². The molecule has 1 aromatic heterocycles. The van der Waals surface area contributed by atoms with Crippen molar-refractivity contribution in [3.8, 4) is 17.2 Å². The highest BCUT2D eigenvalue weighted by molar-refractivity contribution is 5.99. The van der Waals surface area contributed by atoms with Gasteiger partial charge in [0.1, 0.15) is 23.9 Å². The van der Waals surface area contributed by atoms with E-state index in [1.807, 2.05) is 80.6 Å². The molecule has 0 unspecified atom stereocenters. The molecule has 0 saturated carbocycles. The molecule has 36 heavy (non-hydrogen) atoms. The van der Waals surface area contributed by atoms with Crippen LogP contribution in [-0.4, -0.2) is 22.4 Å². The molecular weight excluding hydrogens is 452 g/mol. The normalized spacial score (nSPS) is 14.6. The number of carbonyl (C=O) groups excluding carboxylic acids is 1. The third-order valence-corrected chi connectivity index (χ3v) is 6.63. The lowest BCUT2D eigenvalue weighted by atomic mass is 9.86. The Morgan fingerprint density at radius 1 is 0.944 bits per heavy atom. The summed E-state index contributed by atoms with van der Waals surface area (Å²) in [5.41, 5.74) is 2.75. The third kappa shape index (κ3) is 4.71. The van der Waals surface area contributed by atoms with E-state index in [0.29, 0.717) is 24.6 Å². The number of hydrogen-bond acceptors (Lipinski definition) is 5. The number of nitrogens with one attached hydrogen (secondary N) is 1. The number of aromatic nitrogens is 2. The summed E-state index contributed by atoms with van der Waals surface area (Å²) in [7, 11) is 0. The quantitative estimate of drug-likeness (QED) is 0.305. The number of hydrogen-bond donors (Lipinski definition) is 1. The minimum absolute atomic E-state index is 0.168. The van der Waals surface area contributed by atoms with Crippen LogP contribution in [0.5, 0.6) is 17.2 Å². The van der Waals surface area contributed by atoms with Crippen LogP contribution >= 0.6 is 0 Å². The predicted octanol–water partition coefficient (Wildman–Crippen LogP) is 6.25. The summed E-state index contributed by atoms with van der Waals surface area (Å²) in [6.07, 6.45) is 5.71. The van der Waals surface area contributed by atoms with Crippen LogP contribution in [-0.2, 0) is 18.6 Å². The zero-order valence-corrected chi connectivity index (χ0v) is 20.6. The number of benzene rings is 3. The molecule has 4 aromatic rings. The minimum Gasteiger partial charge on any atom is -0.494 e. The lowest BCUT2D eigenvalue weighted by molar-refractivity contribution is 0.0970. The van der Waals surface area contributed by atoms with Gasteiger partial charge in [-0.15, -0.1) is 0 Å². The Balaban J connectivity index is 1.52. The molecule has 1 heterocycles. The Bertz CT molecular complexity index is 1320. The lowest BCUT2D eigenvalue weighted by Gasteiger charge is -2.32. The van der Waals surface area contributed by atoms with Crippen LogP contribution in [0, 0.1) is 0 Å². The third-order valence-electron chi connectivity index (χ3n) is 6.63. The van der Waals surface area contributed by atoms with E-state index in [1.54, 1.807) is 12.4 Å². The molecule has 0 radical (unpaired) electrons. The molecule has 6 heteroatoms. The number of rotatable bonds is 9. The maximum atomic E-state index is 12.7. The average molecular weight is 483 g/mol. The highest BCUT2D eigenvalue weighted by atomic mass is 16.5. The first kappa shape index (κ1) is 23.7. The van der Waals surface area contributed by atoms with Crippen molar-refractivity contribution in [2.24, 2.45) is 0 Å². The Labute approximate surface area is 211 Å². The van der Waals surface area contributed by atoms with Crippen LogP contribution in [0.3, 0.4) is 0 Å². The second-order valence-electron chi connectivity index (χ2n) is 8.98. The summed E-state index contributed by atoms with van der Waals surface area (Å²) in [4.78, 5) is 20.5. The molecule has 0 aliphatic heterocycles. The summed E-state index contributed by atoms with van der Waals surface area (Å²) in [6, 6.07) is 21.4. The molecule has 6 nitrogen and oxygen atoms in total. The topological polar surface area (TPSA) is 73.4 Å². The largest absolute Gasteiger partial charge is 0.494 e. The molecular formula is C30H30N2O4. The molecule has 1 N–H and O–H groups in total. The Kier molecular flexibility index (Phi) is 6.76. The average Bonchev–Trinajstić information content (AvgIpc) is 3.46. The van der Waals surface area contributed by atoms with E-state index in [1.165, 1.54) is 0 Å². The molecule has 3 aromatic carbocycles. The number of H-pyrrole nitrogens is 1. The second kappa shape index (κ2) is 10.3. The van der Waals surface area contributed by atoms with Crippen molar-refractivity contribution in [1.29, 1.82) is 0 Å². The highest BCUT2D eigenvalue weighted by Gasteiger charge is 2.35. The number of fused-ring (bicyclic) bond motifs is 1. The summed E-state index contributed by atoms with van der Waals surface area (Å²) in [5, 5.41) is 0. The molecule has 0 saturated heterocycles. The van der Waals surface area contributed by atoms with Gasteiger partial charge in [-0.05, 0) is 68.7 Å². The van der Waals surface area contributed by atoms with E-state index < -0.39 is 5.60 Å². The van der Waals surface area contributed by atoms with Gasteiger partial charge in [-0.2, -0.15) is 0 Å². The van der Waals surface area contributed by atoms with Crippen molar-refractivity contribution in [3.05, 3.63) is 107 Å². The first-order valence-corrected chi connectivity index (χ1v) is 12.4. The number of carbonyl (C=O) groups is 1. The minimum atomic E-state index is -0.869. The highest BCUT2D eigenvalue weighted by Crippen LogP contribution is 2.38. The smallest absolute Gasteiger partial charge is 0.188 e. The number of imidazole rings is 1. The monoisotopic (exact) mass is 482 g/mol. The van der Waals surface area contributed by atoms with Crippen molar-refractivity contribution in [2.45, 2.75) is 45.3 Å². The number of ether oxygens (including phenoxy) is 3. The molecule has 1 atom stereocenters. The zero-order valence-electron chi connectivity index (χ0n) is 20.6. The van der Waals surface area contributed by atoms with Crippen LogP contribution in [0.25, 0.3) is 0 Å². The van der Waals surface area contributed by atoms with Crippen molar-refractivity contribution in [3.63, 3.8) is 0 Å². The predicted molar refractivity (Wildman–Crippen MR) is 138 cm³/mol. The maximum absolute atomic E-state index is 12.7. The van der Waals surface area contributed by atoms with Crippen LogP contribution in [0.15, 0.2) is 79.1 Å². The van der Waals surface area contributed by atoms with Gasteiger partial charge in [-0.3, -0.25) is 4.79 Å². The molecule has 0 amide bonds. The van der Waals surface area contributed by atoms with E-state index in [-0.39, 0.29) is 12.4 Å². The Morgan fingerprint density at radius 3 is 2.39 bits per heavy atom. The molecule has 0 bridgehead atoms. The van der Waals surface area contributed by atoms with Gasteiger partial charge in [0.05, 0.1) is 6.61 Å². The zero-order chi connectivity index (χ0) is 25.0. The Hall–Kier alpha value is -4.06. The second-order valence-corrected chi connectivity index (χ2v) is 8.98. The van der Waals surface area contributed by atoms with Gasteiger partial charge in [0, 0.05) is 35.5 Å². The molecule has 5 rings (SSSR count). The standard InChI is InChI=1S/C30H30N2O4/c1-3-34-22-12-14-23(15-13-22)35-20-26-24-10-7-11-27(33)25(24)16-17-28(26)36-30(2,29-31-18-19-32-29)21-8-5-4-6-9-21/h4-6,8-9,12-19H,3,7,10-11,20H2,1-2H3,(H,31,32)/t30-/m0/s1. The number of Topliss-reactive ketones (excluding diaryl/α,β-unsaturated/α-hetero) is 1. The molecule has 1 aliphatic carbocycles. The van der Waals surface area contributed by atoms with Gasteiger partial charge >= 0.3 is 0 Å². The molecule has 0 fully saturated rings.